The summed E-state index contributed by atoms with van der Waals surface area (Å²) < 4.78 is 33.9. The predicted molar refractivity (Wildman–Crippen MR) is 123 cm³/mol. The van der Waals surface area contributed by atoms with Gasteiger partial charge in [-0.2, -0.15) is 0 Å². The Labute approximate surface area is 191 Å². The van der Waals surface area contributed by atoms with Gasteiger partial charge in [-0.15, -0.1) is 0 Å². The first kappa shape index (κ1) is 22.3. The Bertz CT molecular complexity index is 1320. The fourth-order valence-corrected chi connectivity index (χ4v) is 4.71. The number of carbonyl (C=O) groups excluding carboxylic acids is 2. The first-order chi connectivity index (χ1) is 15.7. The number of fused-ring (bicyclic) bond motifs is 1. The second-order valence-corrected chi connectivity index (χ2v) is 9.23. The van der Waals surface area contributed by atoms with E-state index in [1.807, 2.05) is 0 Å². The van der Waals surface area contributed by atoms with Crippen molar-refractivity contribution in [3.63, 3.8) is 0 Å². The molecule has 0 aliphatic carbocycles. The fraction of sp³-hybridized carbons (Fsp3) is 0.174. The van der Waals surface area contributed by atoms with Gasteiger partial charge in [-0.1, -0.05) is 6.07 Å². The van der Waals surface area contributed by atoms with E-state index in [9.17, 15) is 18.0 Å². The summed E-state index contributed by atoms with van der Waals surface area (Å²) in [6, 6.07) is 14.1. The molecule has 2 amide bonds. The summed E-state index contributed by atoms with van der Waals surface area (Å²) in [5, 5.41) is 0. The second-order valence-electron chi connectivity index (χ2n) is 7.55. The van der Waals surface area contributed by atoms with Gasteiger partial charge in [0.2, 0.25) is 17.7 Å². The van der Waals surface area contributed by atoms with Gasteiger partial charge in [0.1, 0.15) is 5.75 Å². The number of anilines is 2. The molecule has 2 heterocycles. The molecule has 0 bridgehead atoms. The summed E-state index contributed by atoms with van der Waals surface area (Å²) in [4.78, 5) is 29.0. The molecule has 0 unspecified atom stereocenters. The molecule has 170 valence electrons. The number of ether oxygens (including phenoxy) is 1. The number of pyridine rings is 1. The Balaban J connectivity index is 1.49. The summed E-state index contributed by atoms with van der Waals surface area (Å²) in [6.45, 7) is 2.12. The van der Waals surface area contributed by atoms with Crippen molar-refractivity contribution in [2.24, 2.45) is 5.73 Å². The van der Waals surface area contributed by atoms with Gasteiger partial charge in [0.15, 0.2) is 0 Å². The number of nitrogens with one attached hydrogen (secondary N) is 1. The zero-order valence-corrected chi connectivity index (χ0v) is 18.6. The maximum absolute atomic E-state index is 12.9. The highest BCUT2D eigenvalue weighted by Gasteiger charge is 2.23. The van der Waals surface area contributed by atoms with Crippen LogP contribution in [-0.4, -0.2) is 31.8 Å². The molecule has 3 aromatic rings. The lowest BCUT2D eigenvalue weighted by atomic mass is 10.0. The highest BCUT2D eigenvalue weighted by atomic mass is 32.2. The van der Waals surface area contributed by atoms with Crippen molar-refractivity contribution in [2.75, 3.05) is 16.2 Å². The molecule has 0 saturated carbocycles. The zero-order valence-electron chi connectivity index (χ0n) is 17.8. The monoisotopic (exact) mass is 466 g/mol. The van der Waals surface area contributed by atoms with Gasteiger partial charge in [-0.3, -0.25) is 14.3 Å². The molecular weight excluding hydrogens is 444 g/mol. The molecule has 4 rings (SSSR count). The first-order valence-electron chi connectivity index (χ1n) is 10.2. The molecule has 1 aliphatic heterocycles. The van der Waals surface area contributed by atoms with Crippen molar-refractivity contribution in [1.29, 1.82) is 0 Å². The SMILES string of the molecule is CC(=O)N1CCCc2cc(S(=O)(=O)Nc3ccc(Oc4cccc(C(N)=O)c4)nc3)ccc21. The summed E-state index contributed by atoms with van der Waals surface area (Å²) in [6.07, 6.45) is 2.81. The summed E-state index contributed by atoms with van der Waals surface area (Å²) in [5.41, 5.74) is 7.39. The number of nitrogens with zero attached hydrogens (tertiary/aromatic N) is 2. The topological polar surface area (TPSA) is 132 Å². The molecule has 1 aliphatic rings. The number of sulfonamides is 1. The van der Waals surface area contributed by atoms with Gasteiger partial charge >= 0.3 is 0 Å². The fourth-order valence-electron chi connectivity index (χ4n) is 3.62. The Morgan fingerprint density at radius 3 is 2.64 bits per heavy atom. The standard InChI is InChI=1S/C23H22N4O5S/c1-15(28)27-11-3-5-16-13-20(8-9-21(16)27)33(30,31)26-18-7-10-22(25-14-18)32-19-6-2-4-17(12-19)23(24)29/h2,4,6-10,12-14,26H,3,5,11H2,1H3,(H2,24,29). The minimum Gasteiger partial charge on any atom is -0.439 e. The molecule has 3 N–H and O–H groups in total. The molecule has 33 heavy (non-hydrogen) atoms. The van der Waals surface area contributed by atoms with Crippen LogP contribution in [0.4, 0.5) is 11.4 Å². The van der Waals surface area contributed by atoms with Crippen molar-refractivity contribution in [2.45, 2.75) is 24.7 Å². The van der Waals surface area contributed by atoms with E-state index in [1.54, 1.807) is 35.2 Å². The largest absolute Gasteiger partial charge is 0.439 e. The van der Waals surface area contributed by atoms with Crippen molar-refractivity contribution in [3.05, 3.63) is 71.9 Å². The first-order valence-corrected chi connectivity index (χ1v) is 11.7. The second kappa shape index (κ2) is 8.91. The summed E-state index contributed by atoms with van der Waals surface area (Å²) in [5.74, 6) is -0.0489. The maximum atomic E-state index is 12.9. The maximum Gasteiger partial charge on any atom is 0.261 e. The highest BCUT2D eigenvalue weighted by Crippen LogP contribution is 2.30. The molecule has 9 nitrogen and oxygen atoms in total. The molecule has 10 heteroatoms. The van der Waals surface area contributed by atoms with Gasteiger partial charge in [-0.05, 0) is 60.9 Å². The number of carbonyl (C=O) groups is 2. The third kappa shape index (κ3) is 4.96. The van der Waals surface area contributed by atoms with Crippen LogP contribution in [-0.2, 0) is 21.2 Å². The molecular formula is C23H22N4O5S. The Kier molecular flexibility index (Phi) is 6.01. The van der Waals surface area contributed by atoms with Crippen LogP contribution in [0.5, 0.6) is 11.6 Å². The predicted octanol–water partition coefficient (Wildman–Crippen LogP) is 3.07. The van der Waals surface area contributed by atoms with E-state index < -0.39 is 15.9 Å². The van der Waals surface area contributed by atoms with Gasteiger partial charge in [0.25, 0.3) is 10.0 Å². The van der Waals surface area contributed by atoms with Crippen LogP contribution < -0.4 is 20.1 Å². The van der Waals surface area contributed by atoms with Crippen LogP contribution in [0, 0.1) is 0 Å². The van der Waals surface area contributed by atoms with E-state index in [-0.39, 0.29) is 22.4 Å². The lowest BCUT2D eigenvalue weighted by molar-refractivity contribution is -0.116. The van der Waals surface area contributed by atoms with Gasteiger partial charge < -0.3 is 15.4 Å². The number of benzene rings is 2. The molecule has 1 aromatic heterocycles. The van der Waals surface area contributed by atoms with E-state index in [0.29, 0.717) is 24.3 Å². The average molecular weight is 467 g/mol. The normalized spacial score (nSPS) is 13.2. The smallest absolute Gasteiger partial charge is 0.261 e. The zero-order chi connectivity index (χ0) is 23.6. The van der Waals surface area contributed by atoms with Crippen LogP contribution in [0.25, 0.3) is 0 Å². The van der Waals surface area contributed by atoms with Crippen molar-refractivity contribution in [3.8, 4) is 11.6 Å². The van der Waals surface area contributed by atoms with E-state index in [1.165, 1.54) is 37.4 Å². The number of amides is 2. The van der Waals surface area contributed by atoms with E-state index in [4.69, 9.17) is 10.5 Å². The van der Waals surface area contributed by atoms with Crippen LogP contribution >= 0.6 is 0 Å². The van der Waals surface area contributed by atoms with Crippen LogP contribution in [0.2, 0.25) is 0 Å². The van der Waals surface area contributed by atoms with Gasteiger partial charge in [-0.25, -0.2) is 13.4 Å². The van der Waals surface area contributed by atoms with Crippen molar-refractivity contribution < 1.29 is 22.7 Å². The molecule has 0 atom stereocenters. The average Bonchev–Trinajstić information content (AvgIpc) is 2.79. The molecule has 0 saturated heterocycles. The third-order valence-corrected chi connectivity index (χ3v) is 6.57. The molecule has 0 fully saturated rings. The lowest BCUT2D eigenvalue weighted by Crippen LogP contribution is -2.33. The summed E-state index contributed by atoms with van der Waals surface area (Å²) >= 11 is 0. The molecule has 2 aromatic carbocycles. The number of hydrogen-bond donors (Lipinski definition) is 2. The molecule has 0 spiro atoms. The minimum atomic E-state index is -3.86. The Morgan fingerprint density at radius 2 is 1.94 bits per heavy atom. The number of hydrogen-bond acceptors (Lipinski definition) is 6. The van der Waals surface area contributed by atoms with Gasteiger partial charge in [0.05, 0.1) is 16.8 Å². The lowest BCUT2D eigenvalue weighted by Gasteiger charge is -2.28. The number of rotatable bonds is 6. The van der Waals surface area contributed by atoms with Crippen molar-refractivity contribution >= 4 is 33.2 Å². The van der Waals surface area contributed by atoms with Crippen LogP contribution in [0.3, 0.4) is 0 Å². The van der Waals surface area contributed by atoms with Crippen LogP contribution in [0.15, 0.2) is 65.7 Å². The van der Waals surface area contributed by atoms with E-state index in [2.05, 4.69) is 9.71 Å². The third-order valence-electron chi connectivity index (χ3n) is 5.19. The van der Waals surface area contributed by atoms with Crippen LogP contribution in [0.1, 0.15) is 29.3 Å². The summed E-state index contributed by atoms with van der Waals surface area (Å²) in [7, 11) is -3.86. The quantitative estimate of drug-likeness (QED) is 0.574. The number of aryl methyl sites for hydroxylation is 1. The Hall–Kier alpha value is -3.92. The Morgan fingerprint density at radius 1 is 1.12 bits per heavy atom. The van der Waals surface area contributed by atoms with E-state index >= 15 is 0 Å². The minimum absolute atomic E-state index is 0.0700. The van der Waals surface area contributed by atoms with Gasteiger partial charge in [0, 0.05) is 30.8 Å². The number of aromatic nitrogens is 1. The number of primary amides is 1. The van der Waals surface area contributed by atoms with Crippen molar-refractivity contribution in [1.82, 2.24) is 4.98 Å². The number of nitrogens with two attached hydrogens (primary N) is 1. The highest BCUT2D eigenvalue weighted by molar-refractivity contribution is 7.92. The van der Waals surface area contributed by atoms with E-state index in [0.717, 1.165) is 17.7 Å². The molecule has 0 radical (unpaired) electrons.